The van der Waals surface area contributed by atoms with E-state index in [1.807, 2.05) is 23.1 Å². The Morgan fingerprint density at radius 1 is 1.23 bits per heavy atom. The first-order chi connectivity index (χ1) is 10.7. The zero-order valence-corrected chi connectivity index (χ0v) is 13.1. The number of rotatable bonds is 2. The first-order valence-corrected chi connectivity index (χ1v) is 8.29. The maximum Gasteiger partial charge on any atom is 0.229 e. The van der Waals surface area contributed by atoms with Crippen LogP contribution in [0, 0.1) is 6.92 Å². The van der Waals surface area contributed by atoms with Crippen LogP contribution in [0.1, 0.15) is 17.5 Å². The monoisotopic (exact) mass is 308 g/mol. The Bertz CT molecular complexity index is 770. The molecule has 2 aliphatic rings. The molecule has 1 saturated heterocycles. The van der Waals surface area contributed by atoms with Gasteiger partial charge in [-0.1, -0.05) is 36.4 Å². The maximum absolute atomic E-state index is 12.4. The lowest BCUT2D eigenvalue weighted by Gasteiger charge is -2.23. The Morgan fingerprint density at radius 2 is 2.05 bits per heavy atom. The van der Waals surface area contributed by atoms with E-state index in [0.717, 1.165) is 17.1 Å². The summed E-state index contributed by atoms with van der Waals surface area (Å²) in [7, 11) is 0. The molecular formula is C18H16N2OS. The number of carbonyl (C=O) groups is 1. The van der Waals surface area contributed by atoms with Crippen molar-refractivity contribution >= 4 is 29.2 Å². The van der Waals surface area contributed by atoms with Gasteiger partial charge >= 0.3 is 0 Å². The predicted octanol–water partition coefficient (Wildman–Crippen LogP) is 3.93. The van der Waals surface area contributed by atoms with Crippen molar-refractivity contribution in [3.8, 4) is 0 Å². The van der Waals surface area contributed by atoms with Gasteiger partial charge in [0.15, 0.2) is 0 Å². The molecule has 0 saturated carbocycles. The molecule has 0 aromatic heterocycles. The molecule has 0 N–H and O–H groups in total. The van der Waals surface area contributed by atoms with Crippen LogP contribution in [-0.4, -0.2) is 21.9 Å². The molecule has 2 heterocycles. The van der Waals surface area contributed by atoms with Crippen LogP contribution in [0.4, 0.5) is 5.69 Å². The second-order valence-electron chi connectivity index (χ2n) is 5.72. The Balaban J connectivity index is 1.70. The van der Waals surface area contributed by atoms with Crippen molar-refractivity contribution in [2.24, 2.45) is 4.99 Å². The highest BCUT2D eigenvalue weighted by molar-refractivity contribution is 8.01. The molecule has 2 aromatic rings. The van der Waals surface area contributed by atoms with E-state index in [1.165, 1.54) is 10.5 Å². The first-order valence-electron chi connectivity index (χ1n) is 7.41. The van der Waals surface area contributed by atoms with Gasteiger partial charge in [0.2, 0.25) is 5.91 Å². The molecule has 0 aliphatic carbocycles. The van der Waals surface area contributed by atoms with Crippen LogP contribution in [0.3, 0.4) is 0 Å². The number of amidine groups is 1. The standard InChI is InChI=1S/C18H16N2OS/c1-12-7-8-15-14(9-12)19-18-16(22-15)10-17(21)20(18)11-13-5-3-2-4-6-13/h2-9,16H,10-11H2,1H3/t16-/m0/s1. The normalized spacial score (nSPS) is 19.7. The highest BCUT2D eigenvalue weighted by Gasteiger charge is 2.39. The molecule has 0 radical (unpaired) electrons. The van der Waals surface area contributed by atoms with Gasteiger partial charge in [0.25, 0.3) is 0 Å². The average Bonchev–Trinajstić information content (AvgIpc) is 2.81. The molecule has 0 unspecified atom stereocenters. The van der Waals surface area contributed by atoms with Crippen molar-refractivity contribution in [3.05, 3.63) is 59.7 Å². The zero-order valence-electron chi connectivity index (χ0n) is 12.3. The summed E-state index contributed by atoms with van der Waals surface area (Å²) in [6.45, 7) is 2.68. The fourth-order valence-corrected chi connectivity index (χ4v) is 4.10. The van der Waals surface area contributed by atoms with Gasteiger partial charge in [-0.2, -0.15) is 0 Å². The highest BCUT2D eigenvalue weighted by atomic mass is 32.2. The number of likely N-dealkylation sites (tertiary alicyclic amines) is 1. The Hall–Kier alpha value is -2.07. The van der Waals surface area contributed by atoms with Crippen molar-refractivity contribution in [1.29, 1.82) is 0 Å². The minimum atomic E-state index is 0.159. The number of amides is 1. The van der Waals surface area contributed by atoms with Gasteiger partial charge in [-0.25, -0.2) is 4.99 Å². The lowest BCUT2D eigenvalue weighted by Crippen LogP contribution is -2.31. The number of hydrogen-bond donors (Lipinski definition) is 0. The molecule has 1 fully saturated rings. The molecule has 4 heteroatoms. The number of aryl methyl sites for hydroxylation is 1. The van der Waals surface area contributed by atoms with E-state index in [4.69, 9.17) is 4.99 Å². The third-order valence-electron chi connectivity index (χ3n) is 4.03. The largest absolute Gasteiger partial charge is 0.295 e. The van der Waals surface area contributed by atoms with Gasteiger partial charge in [0.05, 0.1) is 17.5 Å². The number of aliphatic imine (C=N–C) groups is 1. The molecule has 0 spiro atoms. The van der Waals surface area contributed by atoms with E-state index in [1.54, 1.807) is 11.8 Å². The molecule has 0 bridgehead atoms. The highest BCUT2D eigenvalue weighted by Crippen LogP contribution is 2.43. The molecule has 3 nitrogen and oxygen atoms in total. The molecule has 1 amide bonds. The van der Waals surface area contributed by atoms with Crippen LogP contribution in [0.5, 0.6) is 0 Å². The molecule has 1 atom stereocenters. The van der Waals surface area contributed by atoms with E-state index in [2.05, 4.69) is 37.3 Å². The average molecular weight is 308 g/mol. The third kappa shape index (κ3) is 2.33. The second kappa shape index (κ2) is 5.29. The van der Waals surface area contributed by atoms with Crippen LogP contribution in [-0.2, 0) is 11.3 Å². The van der Waals surface area contributed by atoms with Crippen LogP contribution in [0.2, 0.25) is 0 Å². The van der Waals surface area contributed by atoms with Gasteiger partial charge in [0.1, 0.15) is 5.84 Å². The van der Waals surface area contributed by atoms with Crippen molar-refractivity contribution in [3.63, 3.8) is 0 Å². The fourth-order valence-electron chi connectivity index (χ4n) is 2.91. The molecule has 2 aliphatic heterocycles. The summed E-state index contributed by atoms with van der Waals surface area (Å²) in [6.07, 6.45) is 0.545. The number of hydrogen-bond acceptors (Lipinski definition) is 3. The topological polar surface area (TPSA) is 32.7 Å². The SMILES string of the molecule is Cc1ccc2c(c1)N=C1[C@H](CC(=O)N1Cc1ccccc1)S2. The first kappa shape index (κ1) is 13.6. The van der Waals surface area contributed by atoms with Crippen molar-refractivity contribution in [2.75, 3.05) is 0 Å². The molecule has 110 valence electrons. The quantitative estimate of drug-likeness (QED) is 0.842. The lowest BCUT2D eigenvalue weighted by atomic mass is 10.2. The van der Waals surface area contributed by atoms with E-state index in [0.29, 0.717) is 13.0 Å². The predicted molar refractivity (Wildman–Crippen MR) is 89.5 cm³/mol. The Kier molecular flexibility index (Phi) is 3.26. The maximum atomic E-state index is 12.4. The third-order valence-corrected chi connectivity index (χ3v) is 5.29. The number of thioether (sulfide) groups is 1. The van der Waals surface area contributed by atoms with Crippen molar-refractivity contribution < 1.29 is 4.79 Å². The minimum Gasteiger partial charge on any atom is -0.295 e. The van der Waals surface area contributed by atoms with Crippen molar-refractivity contribution in [1.82, 2.24) is 4.90 Å². The fraction of sp³-hybridized carbons (Fsp3) is 0.222. The van der Waals surface area contributed by atoms with Crippen LogP contribution in [0.15, 0.2) is 58.4 Å². The minimum absolute atomic E-state index is 0.159. The Morgan fingerprint density at radius 3 is 2.86 bits per heavy atom. The summed E-state index contributed by atoms with van der Waals surface area (Å²) in [5, 5.41) is 0.159. The van der Waals surface area contributed by atoms with Gasteiger partial charge in [-0.15, -0.1) is 11.8 Å². The summed E-state index contributed by atoms with van der Waals surface area (Å²) < 4.78 is 0. The lowest BCUT2D eigenvalue weighted by molar-refractivity contribution is -0.126. The summed E-state index contributed by atoms with van der Waals surface area (Å²) in [5.74, 6) is 1.08. The van der Waals surface area contributed by atoms with E-state index >= 15 is 0 Å². The molecule has 4 rings (SSSR count). The van der Waals surface area contributed by atoms with E-state index in [-0.39, 0.29) is 11.2 Å². The zero-order chi connectivity index (χ0) is 15.1. The summed E-state index contributed by atoms with van der Waals surface area (Å²) in [6, 6.07) is 16.4. The van der Waals surface area contributed by atoms with E-state index < -0.39 is 0 Å². The summed E-state index contributed by atoms with van der Waals surface area (Å²) >= 11 is 1.76. The van der Waals surface area contributed by atoms with Gasteiger partial charge < -0.3 is 0 Å². The second-order valence-corrected chi connectivity index (χ2v) is 6.96. The van der Waals surface area contributed by atoms with Crippen LogP contribution in [0.25, 0.3) is 0 Å². The molecule has 22 heavy (non-hydrogen) atoms. The number of carbonyl (C=O) groups excluding carboxylic acids is 1. The van der Waals surface area contributed by atoms with Crippen molar-refractivity contribution in [2.45, 2.75) is 30.0 Å². The van der Waals surface area contributed by atoms with Crippen LogP contribution >= 0.6 is 11.8 Å². The number of benzene rings is 2. The number of nitrogens with zero attached hydrogens (tertiary/aromatic N) is 2. The van der Waals surface area contributed by atoms with Gasteiger partial charge in [0, 0.05) is 11.3 Å². The number of fused-ring (bicyclic) bond motifs is 2. The molecular weight excluding hydrogens is 292 g/mol. The molecule has 2 aromatic carbocycles. The summed E-state index contributed by atoms with van der Waals surface area (Å²) in [5.41, 5.74) is 3.32. The Labute approximate surface area is 134 Å². The van der Waals surface area contributed by atoms with Gasteiger partial charge in [-0.3, -0.25) is 9.69 Å². The smallest absolute Gasteiger partial charge is 0.229 e. The summed E-state index contributed by atoms with van der Waals surface area (Å²) in [4.78, 5) is 20.2. The van der Waals surface area contributed by atoms with E-state index in [9.17, 15) is 4.79 Å². The van der Waals surface area contributed by atoms with Gasteiger partial charge in [-0.05, 0) is 30.2 Å². The van der Waals surface area contributed by atoms with Crippen LogP contribution < -0.4 is 0 Å².